The summed E-state index contributed by atoms with van der Waals surface area (Å²) in [5, 5.41) is 18.1. The fourth-order valence-corrected chi connectivity index (χ4v) is 4.09. The Labute approximate surface area is 193 Å². The summed E-state index contributed by atoms with van der Waals surface area (Å²) in [4.78, 5) is 16.4. The first kappa shape index (κ1) is 23.6. The summed E-state index contributed by atoms with van der Waals surface area (Å²) >= 11 is 1.50. The van der Waals surface area contributed by atoms with Gasteiger partial charge in [0.2, 0.25) is 4.80 Å². The normalized spacial score (nSPS) is 12.9. The molecule has 0 bridgehead atoms. The molecular weight excluding hydrogens is 420 g/mol. The van der Waals surface area contributed by atoms with Gasteiger partial charge in [0.25, 0.3) is 5.69 Å². The molecule has 1 aromatic heterocycles. The average Bonchev–Trinajstić information content (AvgIpc) is 3.16. The molecule has 0 amide bonds. The van der Waals surface area contributed by atoms with Crippen molar-refractivity contribution >= 4 is 22.7 Å². The van der Waals surface area contributed by atoms with E-state index in [9.17, 15) is 10.1 Å². The predicted molar refractivity (Wildman–Crippen MR) is 132 cm³/mol. The molecule has 3 rings (SSSR count). The Morgan fingerprint density at radius 1 is 1.16 bits per heavy atom. The van der Waals surface area contributed by atoms with Crippen molar-refractivity contribution in [3.05, 3.63) is 80.0 Å². The maximum Gasteiger partial charge on any atom is 0.270 e. The van der Waals surface area contributed by atoms with Crippen molar-refractivity contribution in [3.63, 3.8) is 0 Å². The first-order valence-electron chi connectivity index (χ1n) is 10.8. The zero-order chi connectivity index (χ0) is 23.3. The van der Waals surface area contributed by atoms with Gasteiger partial charge in [-0.25, -0.2) is 4.68 Å². The van der Waals surface area contributed by atoms with Crippen molar-refractivity contribution < 1.29 is 4.92 Å². The van der Waals surface area contributed by atoms with Gasteiger partial charge in [-0.05, 0) is 29.9 Å². The third-order valence-electron chi connectivity index (χ3n) is 5.22. The molecule has 0 aliphatic carbocycles. The van der Waals surface area contributed by atoms with E-state index in [1.54, 1.807) is 12.1 Å². The number of non-ortho nitro benzene ring substituents is 1. The molecule has 6 nitrogen and oxygen atoms in total. The lowest BCUT2D eigenvalue weighted by Gasteiger charge is -2.19. The van der Waals surface area contributed by atoms with Crippen LogP contribution in [0.5, 0.6) is 0 Å². The molecule has 0 saturated carbocycles. The monoisotopic (exact) mass is 450 g/mol. The van der Waals surface area contributed by atoms with Crippen LogP contribution in [0.2, 0.25) is 0 Å². The van der Waals surface area contributed by atoms with E-state index in [0.717, 1.165) is 46.7 Å². The van der Waals surface area contributed by atoms with Crippen molar-refractivity contribution in [2.24, 2.45) is 10.1 Å². The number of nitro groups is 1. The van der Waals surface area contributed by atoms with Crippen LogP contribution in [0.25, 0.3) is 11.3 Å². The minimum atomic E-state index is -0.377. The molecule has 1 heterocycles. The highest BCUT2D eigenvalue weighted by Crippen LogP contribution is 2.25. The predicted octanol–water partition coefficient (Wildman–Crippen LogP) is 6.40. The molecule has 0 aliphatic heterocycles. The minimum Gasteiger partial charge on any atom is -0.258 e. The molecule has 0 atom stereocenters. The van der Waals surface area contributed by atoms with Gasteiger partial charge >= 0.3 is 0 Å². The number of rotatable bonds is 7. The van der Waals surface area contributed by atoms with E-state index >= 15 is 0 Å². The van der Waals surface area contributed by atoms with Gasteiger partial charge in [-0.3, -0.25) is 15.1 Å². The summed E-state index contributed by atoms with van der Waals surface area (Å²) in [6, 6.07) is 15.1. The van der Waals surface area contributed by atoms with Gasteiger partial charge in [-0.1, -0.05) is 70.5 Å². The zero-order valence-electron chi connectivity index (χ0n) is 19.3. The maximum atomic E-state index is 11.3. The molecule has 0 N–H and O–H groups in total. The molecule has 0 spiro atoms. The minimum absolute atomic E-state index is 0.0585. The summed E-state index contributed by atoms with van der Waals surface area (Å²) < 4.78 is 1.81. The summed E-state index contributed by atoms with van der Waals surface area (Å²) in [5.41, 5.74) is 4.83. The lowest BCUT2D eigenvalue weighted by atomic mass is 9.86. The maximum absolute atomic E-state index is 11.3. The van der Waals surface area contributed by atoms with E-state index in [1.165, 1.54) is 23.0 Å². The Kier molecular flexibility index (Phi) is 7.40. The molecule has 32 heavy (non-hydrogen) atoms. The first-order valence-corrected chi connectivity index (χ1v) is 11.7. The van der Waals surface area contributed by atoms with Crippen LogP contribution in [0.1, 0.15) is 58.6 Å². The van der Waals surface area contributed by atoms with Crippen molar-refractivity contribution in [1.82, 2.24) is 4.68 Å². The Balaban J connectivity index is 2.08. The summed E-state index contributed by atoms with van der Waals surface area (Å²) in [5.74, 6) is 0. The van der Waals surface area contributed by atoms with Crippen LogP contribution in [0, 0.1) is 10.1 Å². The second-order valence-corrected chi connectivity index (χ2v) is 9.61. The van der Waals surface area contributed by atoms with Crippen LogP contribution < -0.4 is 4.80 Å². The molecular formula is C25H30N4O2S. The Morgan fingerprint density at radius 2 is 1.88 bits per heavy atom. The van der Waals surface area contributed by atoms with E-state index < -0.39 is 0 Å². The highest BCUT2D eigenvalue weighted by molar-refractivity contribution is 7.07. The van der Waals surface area contributed by atoms with Crippen LogP contribution in [0.15, 0.2) is 64.0 Å². The highest BCUT2D eigenvalue weighted by atomic mass is 32.1. The van der Waals surface area contributed by atoms with Gasteiger partial charge in [-0.2, -0.15) is 5.10 Å². The first-order chi connectivity index (χ1) is 15.2. The van der Waals surface area contributed by atoms with E-state index in [0.29, 0.717) is 0 Å². The summed E-state index contributed by atoms with van der Waals surface area (Å²) in [6.45, 7) is 11.4. The lowest BCUT2D eigenvalue weighted by Crippen LogP contribution is -2.15. The highest BCUT2D eigenvalue weighted by Gasteiger charge is 2.15. The standard InChI is InChI=1S/C25H30N4O2S/c1-6-7-15-26-24-28(23(17-32-24)20-9-8-10-22(16-20)29(30)31)27-18(2)19-11-13-21(14-12-19)25(3,4)5/h8-14,16-17H,6-7,15H2,1-5H3/b26-24?,27-18-. The number of hydrogen-bond acceptors (Lipinski definition) is 5. The average molecular weight is 451 g/mol. The fraction of sp³-hybridized carbons (Fsp3) is 0.360. The summed E-state index contributed by atoms with van der Waals surface area (Å²) in [7, 11) is 0. The van der Waals surface area contributed by atoms with Crippen LogP contribution >= 0.6 is 11.3 Å². The zero-order valence-corrected chi connectivity index (χ0v) is 20.1. The Hall–Kier alpha value is -3.06. The van der Waals surface area contributed by atoms with Crippen LogP contribution in [-0.2, 0) is 5.41 Å². The van der Waals surface area contributed by atoms with E-state index in [-0.39, 0.29) is 16.0 Å². The number of nitro benzene ring substituents is 1. The van der Waals surface area contributed by atoms with Crippen LogP contribution in [0.4, 0.5) is 5.69 Å². The van der Waals surface area contributed by atoms with Crippen molar-refractivity contribution in [2.75, 3.05) is 6.54 Å². The second kappa shape index (κ2) is 10.0. The Bertz CT molecular complexity index is 1180. The largest absolute Gasteiger partial charge is 0.270 e. The van der Waals surface area contributed by atoms with Gasteiger partial charge in [0.05, 0.1) is 16.3 Å². The van der Waals surface area contributed by atoms with E-state index in [2.05, 4.69) is 52.0 Å². The van der Waals surface area contributed by atoms with Crippen LogP contribution in [-0.4, -0.2) is 21.9 Å². The van der Waals surface area contributed by atoms with E-state index in [4.69, 9.17) is 10.1 Å². The molecule has 168 valence electrons. The van der Waals surface area contributed by atoms with Gasteiger partial charge in [-0.15, -0.1) is 11.3 Å². The fourth-order valence-electron chi connectivity index (χ4n) is 3.23. The number of benzene rings is 2. The van der Waals surface area contributed by atoms with Crippen molar-refractivity contribution in [2.45, 2.75) is 52.9 Å². The third kappa shape index (κ3) is 5.59. The number of hydrogen-bond donors (Lipinski definition) is 0. The lowest BCUT2D eigenvalue weighted by molar-refractivity contribution is -0.384. The molecule has 0 aliphatic rings. The quantitative estimate of drug-likeness (QED) is 0.181. The molecule has 0 fully saturated rings. The SMILES string of the molecule is CCCCN=c1scc(-c2cccc([N+](=O)[O-])c2)n1/N=C(/C)c1ccc(C(C)(C)C)cc1. The van der Waals surface area contributed by atoms with Crippen molar-refractivity contribution in [1.29, 1.82) is 0 Å². The van der Waals surface area contributed by atoms with Gasteiger partial charge < -0.3 is 0 Å². The smallest absolute Gasteiger partial charge is 0.258 e. The molecule has 0 unspecified atom stereocenters. The number of nitrogens with zero attached hydrogens (tertiary/aromatic N) is 4. The Morgan fingerprint density at radius 3 is 2.50 bits per heavy atom. The summed E-state index contributed by atoms with van der Waals surface area (Å²) in [6.07, 6.45) is 2.07. The van der Waals surface area contributed by atoms with Gasteiger partial charge in [0.15, 0.2) is 0 Å². The number of thiazole rings is 1. The molecule has 3 aromatic rings. The van der Waals surface area contributed by atoms with Gasteiger partial charge in [0.1, 0.15) is 0 Å². The molecule has 2 aromatic carbocycles. The molecule has 0 radical (unpaired) electrons. The molecule has 0 saturated heterocycles. The molecule has 7 heteroatoms. The van der Waals surface area contributed by atoms with Crippen molar-refractivity contribution in [3.8, 4) is 11.3 Å². The number of unbranched alkanes of at least 4 members (excludes halogenated alkanes) is 1. The second-order valence-electron chi connectivity index (χ2n) is 8.77. The third-order valence-corrected chi connectivity index (χ3v) is 6.07. The van der Waals surface area contributed by atoms with Crippen LogP contribution in [0.3, 0.4) is 0 Å². The van der Waals surface area contributed by atoms with Gasteiger partial charge in [0, 0.05) is 29.6 Å². The number of aromatic nitrogens is 1. The topological polar surface area (TPSA) is 72.8 Å². The van der Waals surface area contributed by atoms with E-state index in [1.807, 2.05) is 23.0 Å².